The molecule has 2 aromatic rings. The normalized spacial score (nSPS) is 11.8. The van der Waals surface area contributed by atoms with Gasteiger partial charge in [0.2, 0.25) is 0 Å². The lowest BCUT2D eigenvalue weighted by atomic mass is 10.3. The average Bonchev–Trinajstić information content (AvgIpc) is 2.50. The summed E-state index contributed by atoms with van der Waals surface area (Å²) in [6, 6.07) is 4.43. The second kappa shape index (κ2) is 7.41. The van der Waals surface area contributed by atoms with E-state index in [-0.39, 0.29) is 18.0 Å². The number of anilines is 1. The van der Waals surface area contributed by atoms with E-state index in [1.807, 2.05) is 4.98 Å². The van der Waals surface area contributed by atoms with Crippen molar-refractivity contribution in [1.29, 1.82) is 0 Å². The third-order valence-corrected chi connectivity index (χ3v) is 3.58. The summed E-state index contributed by atoms with van der Waals surface area (Å²) in [7, 11) is 0. The van der Waals surface area contributed by atoms with Crippen molar-refractivity contribution in [2.24, 2.45) is 0 Å². The molecule has 1 heterocycles. The molecule has 0 bridgehead atoms. The van der Waals surface area contributed by atoms with Gasteiger partial charge in [-0.05, 0) is 19.1 Å². The van der Waals surface area contributed by atoms with Crippen LogP contribution in [0.2, 0.25) is 10.0 Å². The number of carbonyl (C=O) groups excluding carboxylic acids is 1. The molecule has 24 heavy (non-hydrogen) atoms. The molecule has 5 N–H and O–H groups in total. The van der Waals surface area contributed by atoms with Crippen molar-refractivity contribution in [2.75, 3.05) is 12.3 Å². The van der Waals surface area contributed by atoms with E-state index < -0.39 is 23.2 Å². The Hall–Kier alpha value is -2.45. The molecule has 0 radical (unpaired) electrons. The van der Waals surface area contributed by atoms with Crippen LogP contribution in [0.5, 0.6) is 5.75 Å². The molecular formula is C14H14Cl2N4O4. The zero-order chi connectivity index (χ0) is 17.9. The van der Waals surface area contributed by atoms with Crippen LogP contribution in [0.25, 0.3) is 0 Å². The quantitative estimate of drug-likeness (QED) is 0.625. The lowest BCUT2D eigenvalue weighted by molar-refractivity contribution is 0.0922. The number of H-pyrrole nitrogens is 2. The van der Waals surface area contributed by atoms with E-state index in [1.165, 1.54) is 0 Å². The average molecular weight is 373 g/mol. The fourth-order valence-corrected chi connectivity index (χ4v) is 2.35. The van der Waals surface area contributed by atoms with Gasteiger partial charge in [-0.25, -0.2) is 4.79 Å². The van der Waals surface area contributed by atoms with Crippen LogP contribution < -0.4 is 27.0 Å². The van der Waals surface area contributed by atoms with Crippen LogP contribution in [-0.4, -0.2) is 28.5 Å². The molecule has 1 aromatic carbocycles. The largest absolute Gasteiger partial charge is 0.488 e. The molecule has 0 saturated heterocycles. The van der Waals surface area contributed by atoms with E-state index in [0.717, 1.165) is 0 Å². The number of amides is 1. The highest BCUT2D eigenvalue weighted by molar-refractivity contribution is 6.37. The van der Waals surface area contributed by atoms with Crippen LogP contribution in [0, 0.1) is 0 Å². The van der Waals surface area contributed by atoms with Gasteiger partial charge in [0.25, 0.3) is 11.5 Å². The Bertz CT molecular complexity index is 858. The highest BCUT2D eigenvalue weighted by Gasteiger charge is 2.17. The molecule has 2 rings (SSSR count). The van der Waals surface area contributed by atoms with Gasteiger partial charge in [0, 0.05) is 0 Å². The summed E-state index contributed by atoms with van der Waals surface area (Å²) in [6.07, 6.45) is 0. The lowest BCUT2D eigenvalue weighted by Gasteiger charge is -2.16. The lowest BCUT2D eigenvalue weighted by Crippen LogP contribution is -2.40. The number of carbonyl (C=O) groups is 1. The first-order valence-electron chi connectivity index (χ1n) is 6.79. The summed E-state index contributed by atoms with van der Waals surface area (Å²) in [4.78, 5) is 38.8. The van der Waals surface area contributed by atoms with Gasteiger partial charge in [0.1, 0.15) is 18.0 Å². The van der Waals surface area contributed by atoms with E-state index in [0.29, 0.717) is 15.8 Å². The molecule has 0 aliphatic heterocycles. The number of hydrogen-bond acceptors (Lipinski definition) is 5. The zero-order valence-corrected chi connectivity index (χ0v) is 14.0. The van der Waals surface area contributed by atoms with Gasteiger partial charge in [0.05, 0.1) is 16.1 Å². The van der Waals surface area contributed by atoms with Crippen LogP contribution >= 0.6 is 23.2 Å². The van der Waals surface area contributed by atoms with Gasteiger partial charge in [-0.3, -0.25) is 14.6 Å². The first-order valence-corrected chi connectivity index (χ1v) is 7.55. The first kappa shape index (κ1) is 17.9. The van der Waals surface area contributed by atoms with Gasteiger partial charge in [0.15, 0.2) is 5.75 Å². The number of halogens is 2. The van der Waals surface area contributed by atoms with Crippen LogP contribution in [0.3, 0.4) is 0 Å². The Morgan fingerprint density at radius 1 is 1.29 bits per heavy atom. The highest BCUT2D eigenvalue weighted by Crippen LogP contribution is 2.32. The number of hydrogen-bond donors (Lipinski definition) is 4. The summed E-state index contributed by atoms with van der Waals surface area (Å²) in [5.74, 6) is -0.414. The molecule has 1 aromatic heterocycles. The van der Waals surface area contributed by atoms with Crippen LogP contribution in [0.4, 0.5) is 5.69 Å². The number of nitrogens with one attached hydrogen (secondary N) is 3. The van der Waals surface area contributed by atoms with Crippen molar-refractivity contribution in [1.82, 2.24) is 15.3 Å². The summed E-state index contributed by atoms with van der Waals surface area (Å²) < 4.78 is 5.49. The van der Waals surface area contributed by atoms with E-state index in [1.54, 1.807) is 25.1 Å². The minimum atomic E-state index is -0.837. The number of benzene rings is 1. The van der Waals surface area contributed by atoms with Gasteiger partial charge in [-0.1, -0.05) is 29.3 Å². The number of nitrogen functional groups attached to an aromatic ring is 1. The van der Waals surface area contributed by atoms with Crippen LogP contribution in [-0.2, 0) is 0 Å². The standard InChI is InChI=1S/C14H14Cl2N4O4/c1-6(5-24-11-7(15)3-2-4-8(11)16)18-13(22)10-9(17)12(21)20-14(23)19-10/h2-4,6H,5,17H2,1H3,(H,18,22)(H2,19,20,21,23)/t6-/m1/s1. The maximum atomic E-state index is 12.1. The molecular weight excluding hydrogens is 359 g/mol. The third kappa shape index (κ3) is 4.09. The molecule has 0 aliphatic rings. The van der Waals surface area contributed by atoms with Crippen molar-refractivity contribution >= 4 is 34.8 Å². The summed E-state index contributed by atoms with van der Waals surface area (Å²) in [5.41, 5.74) is 3.13. The summed E-state index contributed by atoms with van der Waals surface area (Å²) >= 11 is 12.0. The van der Waals surface area contributed by atoms with Crippen molar-refractivity contribution in [3.63, 3.8) is 0 Å². The molecule has 8 nitrogen and oxygen atoms in total. The van der Waals surface area contributed by atoms with E-state index in [2.05, 4.69) is 10.3 Å². The smallest absolute Gasteiger partial charge is 0.326 e. The number of aromatic amines is 2. The van der Waals surface area contributed by atoms with E-state index in [4.69, 9.17) is 33.7 Å². The van der Waals surface area contributed by atoms with Gasteiger partial charge in [-0.15, -0.1) is 0 Å². The van der Waals surface area contributed by atoms with Gasteiger partial charge >= 0.3 is 5.69 Å². The van der Waals surface area contributed by atoms with Crippen LogP contribution in [0.1, 0.15) is 17.4 Å². The second-order valence-electron chi connectivity index (χ2n) is 4.93. The highest BCUT2D eigenvalue weighted by atomic mass is 35.5. The fourth-order valence-electron chi connectivity index (χ4n) is 1.84. The molecule has 0 aliphatic carbocycles. The van der Waals surface area contributed by atoms with Gasteiger partial charge < -0.3 is 20.8 Å². The molecule has 0 unspecified atom stereocenters. The summed E-state index contributed by atoms with van der Waals surface area (Å²) in [6.45, 7) is 1.71. The summed E-state index contributed by atoms with van der Waals surface area (Å²) in [5, 5.41) is 3.22. The Labute approximate surface area is 145 Å². The Balaban J connectivity index is 2.05. The maximum Gasteiger partial charge on any atom is 0.326 e. The minimum Gasteiger partial charge on any atom is -0.488 e. The van der Waals surface area contributed by atoms with E-state index >= 15 is 0 Å². The first-order chi connectivity index (χ1) is 11.3. The van der Waals surface area contributed by atoms with Gasteiger partial charge in [-0.2, -0.15) is 0 Å². The molecule has 128 valence electrons. The molecule has 0 fully saturated rings. The number of para-hydroxylation sites is 1. The zero-order valence-electron chi connectivity index (χ0n) is 12.5. The molecule has 10 heteroatoms. The molecule has 1 atom stereocenters. The topological polar surface area (TPSA) is 130 Å². The molecule has 1 amide bonds. The van der Waals surface area contributed by atoms with Crippen molar-refractivity contribution < 1.29 is 9.53 Å². The predicted octanol–water partition coefficient (Wildman–Crippen LogP) is 1.15. The Kier molecular flexibility index (Phi) is 5.53. The SMILES string of the molecule is C[C@H](COc1c(Cl)cccc1Cl)NC(=O)c1[nH]c(=O)[nH]c(=O)c1N. The number of nitrogens with two attached hydrogens (primary N) is 1. The fraction of sp³-hybridized carbons (Fsp3) is 0.214. The third-order valence-electron chi connectivity index (χ3n) is 2.98. The Morgan fingerprint density at radius 3 is 2.54 bits per heavy atom. The van der Waals surface area contributed by atoms with Crippen molar-refractivity contribution in [3.05, 3.63) is 54.8 Å². The van der Waals surface area contributed by atoms with Crippen LogP contribution in [0.15, 0.2) is 27.8 Å². The molecule has 0 saturated carbocycles. The minimum absolute atomic E-state index is 0.0581. The van der Waals surface area contributed by atoms with E-state index in [9.17, 15) is 14.4 Å². The van der Waals surface area contributed by atoms with Crippen molar-refractivity contribution in [2.45, 2.75) is 13.0 Å². The monoisotopic (exact) mass is 372 g/mol. The molecule has 0 spiro atoms. The predicted molar refractivity (Wildman–Crippen MR) is 91.0 cm³/mol. The van der Waals surface area contributed by atoms with Crippen molar-refractivity contribution in [3.8, 4) is 5.75 Å². The number of aromatic nitrogens is 2. The Morgan fingerprint density at radius 2 is 1.92 bits per heavy atom. The number of rotatable bonds is 5. The number of ether oxygens (including phenoxy) is 1. The maximum absolute atomic E-state index is 12.1. The second-order valence-corrected chi connectivity index (χ2v) is 5.75.